The van der Waals surface area contributed by atoms with Crippen molar-refractivity contribution >= 4 is 38.9 Å². The maximum atomic E-state index is 12.3. The Hall–Kier alpha value is -3.60. The molecule has 0 spiro atoms. The standard InChI is InChI=1S/C22H15NO4/c1-2-25-22(24)15-12-18-20(14-8-4-6-10-17(14)27-18)21(23-15)19-11-13-7-3-5-9-16(13)26-19/h3-12H,2H2,1H3. The molecule has 0 saturated heterocycles. The molecule has 5 heteroatoms. The number of benzene rings is 2. The predicted molar refractivity (Wildman–Crippen MR) is 103 cm³/mol. The zero-order valence-corrected chi connectivity index (χ0v) is 14.6. The van der Waals surface area contributed by atoms with E-state index in [4.69, 9.17) is 13.6 Å². The second-order valence-electron chi connectivity index (χ2n) is 6.20. The van der Waals surface area contributed by atoms with E-state index in [-0.39, 0.29) is 12.3 Å². The van der Waals surface area contributed by atoms with Crippen LogP contribution in [-0.2, 0) is 4.74 Å². The summed E-state index contributed by atoms with van der Waals surface area (Å²) in [6.45, 7) is 2.04. The topological polar surface area (TPSA) is 65.5 Å². The number of fused-ring (bicyclic) bond motifs is 4. The summed E-state index contributed by atoms with van der Waals surface area (Å²) < 4.78 is 17.1. The zero-order chi connectivity index (χ0) is 18.4. The third kappa shape index (κ3) is 2.47. The summed E-state index contributed by atoms with van der Waals surface area (Å²) in [4.78, 5) is 16.9. The van der Waals surface area contributed by atoms with E-state index in [0.717, 1.165) is 27.3 Å². The van der Waals surface area contributed by atoms with Crippen LogP contribution < -0.4 is 0 Å². The van der Waals surface area contributed by atoms with Crippen LogP contribution in [0.1, 0.15) is 17.4 Å². The number of rotatable bonds is 3. The Balaban J connectivity index is 1.85. The highest BCUT2D eigenvalue weighted by atomic mass is 16.5. The lowest BCUT2D eigenvalue weighted by molar-refractivity contribution is 0.0519. The van der Waals surface area contributed by atoms with Gasteiger partial charge in [0.05, 0.1) is 12.0 Å². The van der Waals surface area contributed by atoms with Crippen molar-refractivity contribution in [3.05, 3.63) is 66.4 Å². The van der Waals surface area contributed by atoms with E-state index in [2.05, 4.69) is 4.98 Å². The van der Waals surface area contributed by atoms with E-state index in [1.807, 2.05) is 54.6 Å². The van der Waals surface area contributed by atoms with Gasteiger partial charge in [0.2, 0.25) is 0 Å². The Labute approximate surface area is 154 Å². The molecule has 0 aliphatic heterocycles. The van der Waals surface area contributed by atoms with Gasteiger partial charge in [0.1, 0.15) is 22.4 Å². The fourth-order valence-electron chi connectivity index (χ4n) is 3.33. The Morgan fingerprint density at radius 2 is 1.74 bits per heavy atom. The van der Waals surface area contributed by atoms with Gasteiger partial charge in [0, 0.05) is 16.8 Å². The van der Waals surface area contributed by atoms with Crippen LogP contribution in [0.15, 0.2) is 69.5 Å². The Bertz CT molecular complexity index is 1280. The summed E-state index contributed by atoms with van der Waals surface area (Å²) in [6, 6.07) is 19.0. The van der Waals surface area contributed by atoms with E-state index < -0.39 is 5.97 Å². The highest BCUT2D eigenvalue weighted by Crippen LogP contribution is 2.37. The number of nitrogens with zero attached hydrogens (tertiary/aromatic N) is 1. The van der Waals surface area contributed by atoms with Gasteiger partial charge in [-0.05, 0) is 25.1 Å². The SMILES string of the molecule is CCOC(=O)c1cc2oc3ccccc3c2c(-c2cc3ccccc3o2)n1. The highest BCUT2D eigenvalue weighted by Gasteiger charge is 2.21. The monoisotopic (exact) mass is 357 g/mol. The molecule has 0 bridgehead atoms. The van der Waals surface area contributed by atoms with Gasteiger partial charge in [-0.2, -0.15) is 0 Å². The first kappa shape index (κ1) is 15.6. The maximum Gasteiger partial charge on any atom is 0.357 e. The third-order valence-corrected chi connectivity index (χ3v) is 4.50. The molecule has 2 aromatic carbocycles. The summed E-state index contributed by atoms with van der Waals surface area (Å²) in [5.41, 5.74) is 2.82. The lowest BCUT2D eigenvalue weighted by atomic mass is 10.1. The second kappa shape index (κ2) is 5.99. The Morgan fingerprint density at radius 3 is 2.56 bits per heavy atom. The van der Waals surface area contributed by atoms with Crippen LogP contribution in [0.4, 0.5) is 0 Å². The third-order valence-electron chi connectivity index (χ3n) is 4.50. The van der Waals surface area contributed by atoms with Crippen LogP contribution in [0, 0.1) is 0 Å². The number of para-hydroxylation sites is 2. The van der Waals surface area contributed by atoms with Crippen LogP contribution in [0.3, 0.4) is 0 Å². The molecule has 27 heavy (non-hydrogen) atoms. The molecule has 0 saturated carbocycles. The minimum atomic E-state index is -0.489. The van der Waals surface area contributed by atoms with Gasteiger partial charge in [-0.3, -0.25) is 0 Å². The Morgan fingerprint density at radius 1 is 0.963 bits per heavy atom. The lowest BCUT2D eigenvalue weighted by Gasteiger charge is -2.04. The Kier molecular flexibility index (Phi) is 3.47. The molecule has 0 atom stereocenters. The van der Waals surface area contributed by atoms with Crippen LogP contribution >= 0.6 is 0 Å². The number of esters is 1. The molecule has 3 aromatic heterocycles. The van der Waals surface area contributed by atoms with Crippen LogP contribution in [0.25, 0.3) is 44.4 Å². The average Bonchev–Trinajstić information content (AvgIpc) is 3.28. The van der Waals surface area contributed by atoms with Gasteiger partial charge in [0.25, 0.3) is 0 Å². The molecule has 3 heterocycles. The number of carbonyl (C=O) groups is 1. The molecule has 0 amide bonds. The summed E-state index contributed by atoms with van der Waals surface area (Å²) in [7, 11) is 0. The van der Waals surface area contributed by atoms with Crippen molar-refractivity contribution in [2.24, 2.45) is 0 Å². The first-order valence-corrected chi connectivity index (χ1v) is 8.73. The van der Waals surface area contributed by atoms with Gasteiger partial charge in [-0.15, -0.1) is 0 Å². The molecule has 5 nitrogen and oxygen atoms in total. The first-order chi connectivity index (χ1) is 13.2. The second-order valence-corrected chi connectivity index (χ2v) is 6.20. The summed E-state index contributed by atoms with van der Waals surface area (Å²) in [6.07, 6.45) is 0. The molecule has 5 aromatic rings. The molecule has 0 aliphatic rings. The van der Waals surface area contributed by atoms with Crippen molar-refractivity contribution in [1.82, 2.24) is 4.98 Å². The number of aromatic nitrogens is 1. The van der Waals surface area contributed by atoms with Gasteiger partial charge in [0.15, 0.2) is 11.5 Å². The van der Waals surface area contributed by atoms with Crippen molar-refractivity contribution < 1.29 is 18.4 Å². The van der Waals surface area contributed by atoms with Crippen molar-refractivity contribution in [1.29, 1.82) is 0 Å². The van der Waals surface area contributed by atoms with E-state index >= 15 is 0 Å². The number of pyridine rings is 1. The number of hydrogen-bond acceptors (Lipinski definition) is 5. The zero-order valence-electron chi connectivity index (χ0n) is 14.6. The van der Waals surface area contributed by atoms with E-state index in [1.165, 1.54) is 0 Å². The fraction of sp³-hybridized carbons (Fsp3) is 0.0909. The van der Waals surface area contributed by atoms with Gasteiger partial charge in [-0.1, -0.05) is 36.4 Å². The smallest absolute Gasteiger partial charge is 0.357 e. The number of carbonyl (C=O) groups excluding carboxylic acids is 1. The van der Waals surface area contributed by atoms with Gasteiger partial charge in [-0.25, -0.2) is 9.78 Å². The maximum absolute atomic E-state index is 12.3. The quantitative estimate of drug-likeness (QED) is 0.395. The van der Waals surface area contributed by atoms with Crippen LogP contribution in [0.5, 0.6) is 0 Å². The first-order valence-electron chi connectivity index (χ1n) is 8.73. The minimum Gasteiger partial charge on any atom is -0.461 e. The average molecular weight is 357 g/mol. The van der Waals surface area contributed by atoms with Crippen molar-refractivity contribution in [2.45, 2.75) is 6.92 Å². The molecular formula is C22H15NO4. The van der Waals surface area contributed by atoms with Crippen molar-refractivity contribution in [3.63, 3.8) is 0 Å². The fourth-order valence-corrected chi connectivity index (χ4v) is 3.33. The van der Waals surface area contributed by atoms with Gasteiger partial charge >= 0.3 is 5.97 Å². The molecule has 5 rings (SSSR count). The van der Waals surface area contributed by atoms with Crippen LogP contribution in [-0.4, -0.2) is 17.6 Å². The molecule has 0 radical (unpaired) electrons. The normalized spacial score (nSPS) is 11.4. The minimum absolute atomic E-state index is 0.193. The van der Waals surface area contributed by atoms with Crippen molar-refractivity contribution in [3.8, 4) is 11.5 Å². The van der Waals surface area contributed by atoms with E-state index in [1.54, 1.807) is 13.0 Å². The summed E-state index contributed by atoms with van der Waals surface area (Å²) in [5.74, 6) is 0.0936. The van der Waals surface area contributed by atoms with Crippen LogP contribution in [0.2, 0.25) is 0 Å². The number of ether oxygens (including phenoxy) is 1. The molecule has 0 aliphatic carbocycles. The number of hydrogen-bond donors (Lipinski definition) is 0. The van der Waals surface area contributed by atoms with Gasteiger partial charge < -0.3 is 13.6 Å². The molecule has 132 valence electrons. The predicted octanol–water partition coefficient (Wildman–Crippen LogP) is 5.57. The summed E-state index contributed by atoms with van der Waals surface area (Å²) in [5, 5.41) is 2.71. The lowest BCUT2D eigenvalue weighted by Crippen LogP contribution is -2.07. The largest absolute Gasteiger partial charge is 0.461 e. The van der Waals surface area contributed by atoms with E-state index in [0.29, 0.717) is 17.0 Å². The molecule has 0 N–H and O–H groups in total. The molecule has 0 unspecified atom stereocenters. The van der Waals surface area contributed by atoms with E-state index in [9.17, 15) is 4.79 Å². The summed E-state index contributed by atoms with van der Waals surface area (Å²) >= 11 is 0. The van der Waals surface area contributed by atoms with Crippen molar-refractivity contribution in [2.75, 3.05) is 6.61 Å². The highest BCUT2D eigenvalue weighted by molar-refractivity contribution is 6.12. The number of furan rings is 2. The molecular weight excluding hydrogens is 342 g/mol. The molecule has 0 fully saturated rings.